The zero-order valence-electron chi connectivity index (χ0n) is 12.6. The molecule has 0 aliphatic carbocycles. The van der Waals surface area contributed by atoms with Crippen LogP contribution in [0.5, 0.6) is 0 Å². The maximum absolute atomic E-state index is 11.6. The zero-order chi connectivity index (χ0) is 15.7. The highest BCUT2D eigenvalue weighted by molar-refractivity contribution is 5.95. The van der Waals surface area contributed by atoms with Gasteiger partial charge < -0.3 is 10.4 Å². The molecule has 0 radical (unpaired) electrons. The largest absolute Gasteiger partial charge is 0.481 e. The third-order valence-corrected chi connectivity index (χ3v) is 2.68. The van der Waals surface area contributed by atoms with Crippen molar-refractivity contribution in [2.45, 2.75) is 27.2 Å². The molecule has 0 aromatic heterocycles. The van der Waals surface area contributed by atoms with E-state index < -0.39 is 23.8 Å². The maximum atomic E-state index is 11.6. The molecule has 0 saturated heterocycles. The number of carboxylic acids is 1. The average Bonchev–Trinajstić information content (AvgIpc) is 2.27. The van der Waals surface area contributed by atoms with Gasteiger partial charge in [-0.1, -0.05) is 20.8 Å². The molecular weight excluding hydrogens is 262 g/mol. The normalized spacial score (nSPS) is 12.3. The number of likely N-dealkylation sites (N-methyl/N-ethyl adjacent to an activating group) is 1. The SMILES string of the molecule is CC(C)CCNC(=O)NC(=O)CN(C)CC(C)C(=O)O. The quantitative estimate of drug-likeness (QED) is 0.604. The highest BCUT2D eigenvalue weighted by Crippen LogP contribution is 1.98. The molecule has 7 heteroatoms. The van der Waals surface area contributed by atoms with Crippen LogP contribution in [0.1, 0.15) is 27.2 Å². The maximum Gasteiger partial charge on any atom is 0.321 e. The van der Waals surface area contributed by atoms with Crippen LogP contribution in [-0.4, -0.2) is 54.6 Å². The van der Waals surface area contributed by atoms with Gasteiger partial charge in [0.25, 0.3) is 0 Å². The Balaban J connectivity index is 3.92. The Kier molecular flexibility index (Phi) is 8.54. The topological polar surface area (TPSA) is 98.7 Å². The van der Waals surface area contributed by atoms with E-state index in [1.807, 2.05) is 13.8 Å². The molecule has 0 aromatic rings. The van der Waals surface area contributed by atoms with Crippen molar-refractivity contribution in [2.75, 3.05) is 26.7 Å². The van der Waals surface area contributed by atoms with Gasteiger partial charge in [0.05, 0.1) is 12.5 Å². The molecule has 3 N–H and O–H groups in total. The van der Waals surface area contributed by atoms with E-state index in [1.54, 1.807) is 18.9 Å². The smallest absolute Gasteiger partial charge is 0.321 e. The van der Waals surface area contributed by atoms with Crippen LogP contribution in [0, 0.1) is 11.8 Å². The van der Waals surface area contributed by atoms with Crippen LogP contribution in [-0.2, 0) is 9.59 Å². The van der Waals surface area contributed by atoms with Gasteiger partial charge in [-0.3, -0.25) is 19.8 Å². The lowest BCUT2D eigenvalue weighted by Gasteiger charge is -2.18. The highest BCUT2D eigenvalue weighted by Gasteiger charge is 2.16. The van der Waals surface area contributed by atoms with Gasteiger partial charge in [-0.15, -0.1) is 0 Å². The number of nitrogens with zero attached hydrogens (tertiary/aromatic N) is 1. The lowest BCUT2D eigenvalue weighted by atomic mass is 10.1. The Labute approximate surface area is 119 Å². The van der Waals surface area contributed by atoms with Crippen molar-refractivity contribution in [3.8, 4) is 0 Å². The first-order chi connectivity index (χ1) is 9.22. The molecule has 0 fully saturated rings. The van der Waals surface area contributed by atoms with Gasteiger partial charge in [-0.25, -0.2) is 4.79 Å². The predicted molar refractivity (Wildman–Crippen MR) is 75.3 cm³/mol. The number of amides is 3. The van der Waals surface area contributed by atoms with Crippen molar-refractivity contribution in [3.63, 3.8) is 0 Å². The molecule has 7 nitrogen and oxygen atoms in total. The van der Waals surface area contributed by atoms with E-state index in [1.165, 1.54) is 0 Å². The van der Waals surface area contributed by atoms with Crippen LogP contribution in [0.2, 0.25) is 0 Å². The van der Waals surface area contributed by atoms with E-state index in [0.29, 0.717) is 12.5 Å². The van der Waals surface area contributed by atoms with Crippen LogP contribution < -0.4 is 10.6 Å². The second-order valence-electron chi connectivity index (χ2n) is 5.42. The van der Waals surface area contributed by atoms with Crippen molar-refractivity contribution in [2.24, 2.45) is 11.8 Å². The fourth-order valence-corrected chi connectivity index (χ4v) is 1.54. The van der Waals surface area contributed by atoms with Gasteiger partial charge in [-0.05, 0) is 19.4 Å². The Hall–Kier alpha value is -1.63. The third-order valence-electron chi connectivity index (χ3n) is 2.68. The Morgan fingerprint density at radius 2 is 1.80 bits per heavy atom. The van der Waals surface area contributed by atoms with Crippen molar-refractivity contribution < 1.29 is 19.5 Å². The molecule has 1 unspecified atom stereocenters. The van der Waals surface area contributed by atoms with E-state index in [4.69, 9.17) is 5.11 Å². The average molecular weight is 287 g/mol. The van der Waals surface area contributed by atoms with Crippen LogP contribution in [0.15, 0.2) is 0 Å². The van der Waals surface area contributed by atoms with Crippen molar-refractivity contribution in [1.29, 1.82) is 0 Å². The van der Waals surface area contributed by atoms with Gasteiger partial charge >= 0.3 is 12.0 Å². The molecule has 1 atom stereocenters. The predicted octanol–water partition coefficient (Wildman–Crippen LogP) is 0.511. The molecule has 0 aliphatic rings. The first kappa shape index (κ1) is 18.4. The monoisotopic (exact) mass is 287 g/mol. The zero-order valence-corrected chi connectivity index (χ0v) is 12.6. The van der Waals surface area contributed by atoms with Gasteiger partial charge in [0, 0.05) is 13.1 Å². The number of carbonyl (C=O) groups excluding carboxylic acids is 2. The van der Waals surface area contributed by atoms with Crippen LogP contribution in [0.4, 0.5) is 4.79 Å². The number of urea groups is 1. The summed E-state index contributed by atoms with van der Waals surface area (Å²) in [7, 11) is 1.63. The Bertz CT molecular complexity index is 345. The number of rotatable bonds is 8. The number of hydrogen-bond acceptors (Lipinski definition) is 4. The number of imide groups is 1. The highest BCUT2D eigenvalue weighted by atomic mass is 16.4. The van der Waals surface area contributed by atoms with Crippen molar-refractivity contribution in [3.05, 3.63) is 0 Å². The van der Waals surface area contributed by atoms with Gasteiger partial charge in [0.1, 0.15) is 0 Å². The minimum Gasteiger partial charge on any atom is -0.481 e. The number of nitrogens with one attached hydrogen (secondary N) is 2. The standard InChI is InChI=1S/C13H25N3O4/c1-9(2)5-6-14-13(20)15-11(17)8-16(4)7-10(3)12(18)19/h9-10H,5-8H2,1-4H3,(H,18,19)(H2,14,15,17,20). The summed E-state index contributed by atoms with van der Waals surface area (Å²) in [5.41, 5.74) is 0. The molecule has 0 aliphatic heterocycles. The van der Waals surface area contributed by atoms with Crippen LogP contribution in [0.25, 0.3) is 0 Å². The number of carboxylic acid groups (broad SMARTS) is 1. The number of carbonyl (C=O) groups is 3. The summed E-state index contributed by atoms with van der Waals surface area (Å²) in [5, 5.41) is 13.6. The van der Waals surface area contributed by atoms with Gasteiger partial charge in [-0.2, -0.15) is 0 Å². The van der Waals surface area contributed by atoms with E-state index >= 15 is 0 Å². The Morgan fingerprint density at radius 1 is 1.20 bits per heavy atom. The van der Waals surface area contributed by atoms with E-state index in [0.717, 1.165) is 6.42 Å². The first-order valence-corrected chi connectivity index (χ1v) is 6.71. The molecule has 116 valence electrons. The third kappa shape index (κ3) is 9.32. The summed E-state index contributed by atoms with van der Waals surface area (Å²) < 4.78 is 0. The Morgan fingerprint density at radius 3 is 2.30 bits per heavy atom. The number of hydrogen-bond donors (Lipinski definition) is 3. The lowest BCUT2D eigenvalue weighted by Crippen LogP contribution is -2.45. The molecule has 0 heterocycles. The molecule has 3 amide bonds. The van der Waals surface area contributed by atoms with E-state index in [9.17, 15) is 14.4 Å². The molecular formula is C13H25N3O4. The minimum absolute atomic E-state index is 0.0186. The van der Waals surface area contributed by atoms with Gasteiger partial charge in [0.15, 0.2) is 0 Å². The molecule has 0 spiro atoms. The molecule has 0 bridgehead atoms. The fourth-order valence-electron chi connectivity index (χ4n) is 1.54. The van der Waals surface area contributed by atoms with E-state index in [2.05, 4.69) is 10.6 Å². The summed E-state index contributed by atoms with van der Waals surface area (Å²) in [4.78, 5) is 35.2. The summed E-state index contributed by atoms with van der Waals surface area (Å²) in [6.07, 6.45) is 0.845. The van der Waals surface area contributed by atoms with Gasteiger partial charge in [0.2, 0.25) is 5.91 Å². The summed E-state index contributed by atoms with van der Waals surface area (Å²) in [5.74, 6) is -1.45. The summed E-state index contributed by atoms with van der Waals surface area (Å²) >= 11 is 0. The number of aliphatic carboxylic acids is 1. The molecule has 0 aromatic carbocycles. The van der Waals surface area contributed by atoms with E-state index in [-0.39, 0.29) is 13.1 Å². The first-order valence-electron chi connectivity index (χ1n) is 6.71. The second-order valence-corrected chi connectivity index (χ2v) is 5.42. The lowest BCUT2D eigenvalue weighted by molar-refractivity contribution is -0.142. The van der Waals surface area contributed by atoms with Crippen molar-refractivity contribution in [1.82, 2.24) is 15.5 Å². The molecule has 20 heavy (non-hydrogen) atoms. The second kappa shape index (κ2) is 9.30. The minimum atomic E-state index is -0.913. The molecule has 0 saturated carbocycles. The molecule has 0 rings (SSSR count). The fraction of sp³-hybridized carbons (Fsp3) is 0.769. The summed E-state index contributed by atoms with van der Waals surface area (Å²) in [6.45, 7) is 6.40. The van der Waals surface area contributed by atoms with Crippen molar-refractivity contribution >= 4 is 17.9 Å². The van der Waals surface area contributed by atoms with Crippen LogP contribution in [0.3, 0.4) is 0 Å². The van der Waals surface area contributed by atoms with Crippen LogP contribution >= 0.6 is 0 Å². The summed E-state index contributed by atoms with van der Waals surface area (Å²) in [6, 6.07) is -0.518.